The van der Waals surface area contributed by atoms with Crippen LogP contribution in [0.4, 0.5) is 4.79 Å². The molecule has 1 heterocycles. The van der Waals surface area contributed by atoms with E-state index in [9.17, 15) is 13.2 Å². The van der Waals surface area contributed by atoms with Crippen LogP contribution in [-0.2, 0) is 50.1 Å². The Kier molecular flexibility index (Phi) is 9.77. The van der Waals surface area contributed by atoms with E-state index >= 15 is 0 Å². The largest absolute Gasteiger partial charge is 0.445 e. The van der Waals surface area contributed by atoms with Crippen molar-refractivity contribution >= 4 is 37.3 Å². The second kappa shape index (κ2) is 12.6. The van der Waals surface area contributed by atoms with Gasteiger partial charge in [0.2, 0.25) is 0 Å². The van der Waals surface area contributed by atoms with Crippen LogP contribution in [0, 0.1) is 0 Å². The number of aromatic nitrogens is 2. The van der Waals surface area contributed by atoms with Crippen LogP contribution in [0.15, 0.2) is 48.5 Å². The van der Waals surface area contributed by atoms with Crippen LogP contribution in [0.3, 0.4) is 0 Å². The third kappa shape index (κ3) is 9.12. The average Bonchev–Trinajstić information content (AvgIpc) is 3.16. The number of fused-ring (bicyclic) bond motifs is 1. The average molecular weight is 538 g/mol. The Hall–Kier alpha value is -2.60. The lowest BCUT2D eigenvalue weighted by Gasteiger charge is -2.24. The molecule has 11 heteroatoms. The molecule has 0 radical (unpaired) electrons. The fourth-order valence-electron chi connectivity index (χ4n) is 3.48. The Morgan fingerprint density at radius 2 is 1.75 bits per heavy atom. The molecule has 1 aromatic heterocycles. The van der Waals surface area contributed by atoms with E-state index < -0.39 is 26.2 Å². The number of para-hydroxylation sites is 1. The quantitative estimate of drug-likeness (QED) is 0.262. The summed E-state index contributed by atoms with van der Waals surface area (Å²) in [6.45, 7) is 1.20. The first-order valence-corrected chi connectivity index (χ1v) is 16.4. The number of hydrogen-bond acceptors (Lipinski definition) is 7. The minimum atomic E-state index is -3.53. The molecule has 0 spiro atoms. The summed E-state index contributed by atoms with van der Waals surface area (Å²) in [5, 5.41) is 2.77. The normalized spacial score (nSPS) is 12.6. The molecule has 0 aliphatic carbocycles. The first-order valence-electron chi connectivity index (χ1n) is 11.5. The van der Waals surface area contributed by atoms with Gasteiger partial charge in [0.05, 0.1) is 37.0 Å². The number of hydrogen-bond donors (Lipinski definition) is 1. The number of nitrogens with one attached hydrogen (secondary N) is 1. The summed E-state index contributed by atoms with van der Waals surface area (Å²) < 4.78 is 41.0. The van der Waals surface area contributed by atoms with Gasteiger partial charge >= 0.3 is 6.09 Å². The van der Waals surface area contributed by atoms with Gasteiger partial charge in [-0.25, -0.2) is 19.8 Å². The number of rotatable bonds is 13. The van der Waals surface area contributed by atoms with Crippen LogP contribution >= 0.6 is 10.0 Å². The zero-order valence-electron chi connectivity index (χ0n) is 21.2. The van der Waals surface area contributed by atoms with Gasteiger partial charge in [0.15, 0.2) is 0 Å². The lowest BCUT2D eigenvalue weighted by molar-refractivity contribution is 0.0896. The molecule has 9 nitrogen and oxygen atoms in total. The van der Waals surface area contributed by atoms with Crippen LogP contribution in [0.1, 0.15) is 17.0 Å². The maximum Gasteiger partial charge on any atom is 0.407 e. The number of alkyl carbamates (subject to hydrolysis) is 1. The van der Waals surface area contributed by atoms with Gasteiger partial charge in [-0.1, -0.05) is 42.5 Å². The van der Waals surface area contributed by atoms with Gasteiger partial charge in [-0.2, -0.15) is 8.42 Å². The first kappa shape index (κ1) is 28.0. The Labute approximate surface area is 214 Å². The lowest BCUT2D eigenvalue weighted by Crippen LogP contribution is -2.26. The highest BCUT2D eigenvalue weighted by molar-refractivity contribution is 8.32. The van der Waals surface area contributed by atoms with Crippen molar-refractivity contribution in [2.24, 2.45) is 0 Å². The van der Waals surface area contributed by atoms with Crippen molar-refractivity contribution in [1.29, 1.82) is 0 Å². The van der Waals surface area contributed by atoms with Crippen LogP contribution in [0.5, 0.6) is 0 Å². The number of carbonyl (C=O) groups is 1. The highest BCUT2D eigenvalue weighted by Crippen LogP contribution is 2.33. The summed E-state index contributed by atoms with van der Waals surface area (Å²) in [6, 6.07) is 15.1. The van der Waals surface area contributed by atoms with Crippen LogP contribution in [-0.4, -0.2) is 68.1 Å². The maximum atomic E-state index is 12.3. The number of imidazole rings is 1. The molecule has 0 atom stereocenters. The predicted octanol–water partition coefficient (Wildman–Crippen LogP) is 3.65. The number of carbonyl (C=O) groups excluding carboxylic acids is 1. The second-order valence-electron chi connectivity index (χ2n) is 9.26. The smallest absolute Gasteiger partial charge is 0.407 e. The molecule has 0 aliphatic heterocycles. The molecule has 1 N–H and O–H groups in total. The summed E-state index contributed by atoms with van der Waals surface area (Å²) in [7, 11) is -4.23. The summed E-state index contributed by atoms with van der Waals surface area (Å²) in [5.74, 6) is 1.58. The van der Waals surface area contributed by atoms with Crippen molar-refractivity contribution < 1.29 is 26.9 Å². The predicted molar refractivity (Wildman–Crippen MR) is 144 cm³/mol. The van der Waals surface area contributed by atoms with Crippen molar-refractivity contribution in [2.45, 2.75) is 26.3 Å². The van der Waals surface area contributed by atoms with E-state index in [0.29, 0.717) is 18.9 Å². The number of amides is 1. The van der Waals surface area contributed by atoms with E-state index in [1.807, 2.05) is 53.1 Å². The van der Waals surface area contributed by atoms with Crippen molar-refractivity contribution in [1.82, 2.24) is 14.9 Å². The van der Waals surface area contributed by atoms with E-state index in [-0.39, 0.29) is 26.5 Å². The molecule has 0 unspecified atom stereocenters. The molecule has 1 amide bonds. The Bertz CT molecular complexity index is 1250. The standard InChI is InChI=1S/C25H35N3O6S2/c1-35(2,3)16-15-32-19-28-23(17-26-25(29)33-18-20-9-6-5-7-10-20)27-22-12-8-11-21(24(22)28)13-14-34-36(4,30)31/h5-12H,13-19H2,1-4H3,(H,26,29). The Morgan fingerprint density at radius 1 is 1.00 bits per heavy atom. The van der Waals surface area contributed by atoms with Crippen LogP contribution < -0.4 is 5.32 Å². The molecule has 0 saturated carbocycles. The second-order valence-corrected chi connectivity index (χ2v) is 15.5. The molecule has 0 saturated heterocycles. The first-order chi connectivity index (χ1) is 17.0. The number of benzene rings is 2. The van der Waals surface area contributed by atoms with Gasteiger partial charge in [-0.3, -0.25) is 4.18 Å². The third-order valence-corrected chi connectivity index (χ3v) is 7.25. The van der Waals surface area contributed by atoms with Gasteiger partial charge in [0, 0.05) is 5.75 Å². The third-order valence-electron chi connectivity index (χ3n) is 5.26. The minimum absolute atomic E-state index is 0.0246. The fourth-order valence-corrected chi connectivity index (χ4v) is 4.48. The zero-order chi connectivity index (χ0) is 26.2. The molecule has 2 aromatic carbocycles. The van der Waals surface area contributed by atoms with Crippen molar-refractivity contribution in [3.63, 3.8) is 0 Å². The Morgan fingerprint density at radius 3 is 2.44 bits per heavy atom. The van der Waals surface area contributed by atoms with Gasteiger partial charge < -0.3 is 19.4 Å². The topological polar surface area (TPSA) is 109 Å². The highest BCUT2D eigenvalue weighted by Gasteiger charge is 2.16. The molecule has 0 bridgehead atoms. The highest BCUT2D eigenvalue weighted by atomic mass is 32.3. The molecular weight excluding hydrogens is 502 g/mol. The molecule has 3 rings (SSSR count). The maximum absolute atomic E-state index is 12.3. The lowest BCUT2D eigenvalue weighted by atomic mass is 10.1. The van der Waals surface area contributed by atoms with Gasteiger partial charge in [0.25, 0.3) is 10.1 Å². The van der Waals surface area contributed by atoms with E-state index in [2.05, 4.69) is 24.1 Å². The molecular formula is C25H35N3O6S2. The van der Waals surface area contributed by atoms with Gasteiger partial charge in [-0.15, -0.1) is 0 Å². The molecule has 0 fully saturated rings. The summed E-state index contributed by atoms with van der Waals surface area (Å²) in [4.78, 5) is 17.0. The van der Waals surface area contributed by atoms with E-state index in [1.165, 1.54) is 0 Å². The monoisotopic (exact) mass is 537 g/mol. The van der Waals surface area contributed by atoms with Crippen molar-refractivity contribution in [2.75, 3.05) is 44.0 Å². The molecule has 36 heavy (non-hydrogen) atoms. The van der Waals surface area contributed by atoms with Crippen molar-refractivity contribution in [3.05, 3.63) is 65.5 Å². The van der Waals surface area contributed by atoms with E-state index in [4.69, 9.17) is 18.6 Å². The van der Waals surface area contributed by atoms with Gasteiger partial charge in [0.1, 0.15) is 19.2 Å². The fraction of sp³-hybridized carbons (Fsp3) is 0.440. The van der Waals surface area contributed by atoms with Crippen molar-refractivity contribution in [3.8, 4) is 0 Å². The van der Waals surface area contributed by atoms with Gasteiger partial charge in [-0.05, 0) is 42.4 Å². The number of nitrogens with zero attached hydrogens (tertiary/aromatic N) is 2. The summed E-state index contributed by atoms with van der Waals surface area (Å²) in [5.41, 5.74) is 3.33. The SMILES string of the molecule is CS(C)(C)CCOCn1c(CNC(=O)OCc2ccccc2)nc2cccc(CCOS(C)(=O)=O)c21. The number of ether oxygens (including phenoxy) is 2. The van der Waals surface area contributed by atoms with E-state index in [0.717, 1.165) is 34.2 Å². The summed E-state index contributed by atoms with van der Waals surface area (Å²) >= 11 is 0. The van der Waals surface area contributed by atoms with Crippen LogP contribution in [0.25, 0.3) is 11.0 Å². The Balaban J connectivity index is 1.75. The molecule has 3 aromatic rings. The van der Waals surface area contributed by atoms with E-state index in [1.54, 1.807) is 0 Å². The molecule has 198 valence electrons. The minimum Gasteiger partial charge on any atom is -0.445 e. The molecule has 0 aliphatic rings. The zero-order valence-corrected chi connectivity index (χ0v) is 22.9. The van der Waals surface area contributed by atoms with Crippen LogP contribution in [0.2, 0.25) is 0 Å². The summed E-state index contributed by atoms with van der Waals surface area (Å²) in [6.07, 6.45) is 7.58.